The summed E-state index contributed by atoms with van der Waals surface area (Å²) in [4.78, 5) is 31.3. The third-order valence-corrected chi connectivity index (χ3v) is 6.30. The van der Waals surface area contributed by atoms with Crippen LogP contribution in [0.15, 0.2) is 70.9 Å². The highest BCUT2D eigenvalue weighted by Gasteiger charge is 2.44. The summed E-state index contributed by atoms with van der Waals surface area (Å²) in [6.45, 7) is 6.27. The van der Waals surface area contributed by atoms with Gasteiger partial charge in [-0.3, -0.25) is 14.6 Å². The van der Waals surface area contributed by atoms with E-state index in [-0.39, 0.29) is 23.6 Å². The van der Waals surface area contributed by atoms with Crippen LogP contribution in [0.1, 0.15) is 61.6 Å². The van der Waals surface area contributed by atoms with Gasteiger partial charge in [-0.1, -0.05) is 67.1 Å². The molecule has 0 saturated heterocycles. The normalized spacial score (nSPS) is 23.3. The Labute approximate surface area is 184 Å². The molecular weight excluding hydrogens is 386 g/mol. The van der Waals surface area contributed by atoms with Gasteiger partial charge in [0.25, 0.3) is 0 Å². The summed E-state index contributed by atoms with van der Waals surface area (Å²) in [6.07, 6.45) is 1.91. The molecule has 1 aliphatic carbocycles. The van der Waals surface area contributed by atoms with Gasteiger partial charge >= 0.3 is 5.97 Å². The third kappa shape index (κ3) is 4.25. The molecule has 0 saturated carbocycles. The van der Waals surface area contributed by atoms with Gasteiger partial charge < -0.3 is 4.74 Å². The molecule has 4 rings (SSSR count). The number of carbonyl (C=O) groups excluding carboxylic acids is 2. The maximum atomic E-state index is 13.5. The average molecular weight is 416 g/mol. The van der Waals surface area contributed by atoms with Crippen molar-refractivity contribution < 1.29 is 14.3 Å². The first-order valence-corrected chi connectivity index (χ1v) is 11.1. The Kier molecular flexibility index (Phi) is 6.17. The van der Waals surface area contributed by atoms with Gasteiger partial charge in [-0.25, -0.2) is 0 Å². The van der Waals surface area contributed by atoms with Gasteiger partial charge in [0, 0.05) is 29.3 Å². The standard InChI is InChI=1S/C27H29NO3/c1-4-14-31-27(30)24-18(3)28-22-15-21(19-8-6-5-7-9-19)16-23(29)26(22)25(24)20-12-10-17(2)11-13-20/h5-13,21,24-25H,4,14-16H2,1-3H3/t21-,24?,25-/m1/s1. The van der Waals surface area contributed by atoms with E-state index in [1.165, 1.54) is 0 Å². The number of aryl methyl sites for hydroxylation is 1. The lowest BCUT2D eigenvalue weighted by Gasteiger charge is -2.36. The van der Waals surface area contributed by atoms with E-state index in [4.69, 9.17) is 9.73 Å². The summed E-state index contributed by atoms with van der Waals surface area (Å²) < 4.78 is 5.53. The molecule has 0 N–H and O–H groups in total. The smallest absolute Gasteiger partial charge is 0.315 e. The Balaban J connectivity index is 1.77. The Morgan fingerprint density at radius 2 is 1.71 bits per heavy atom. The number of aliphatic imine (C=N–C) groups is 1. The maximum Gasteiger partial charge on any atom is 0.315 e. The number of hydrogen-bond acceptors (Lipinski definition) is 4. The van der Waals surface area contributed by atoms with Crippen LogP contribution in [-0.2, 0) is 14.3 Å². The number of allylic oxidation sites excluding steroid dienone is 2. The Morgan fingerprint density at radius 3 is 2.39 bits per heavy atom. The average Bonchev–Trinajstić information content (AvgIpc) is 2.77. The maximum absolute atomic E-state index is 13.5. The van der Waals surface area contributed by atoms with E-state index in [1.807, 2.05) is 63.2 Å². The summed E-state index contributed by atoms with van der Waals surface area (Å²) >= 11 is 0. The van der Waals surface area contributed by atoms with Crippen molar-refractivity contribution in [3.63, 3.8) is 0 Å². The lowest BCUT2D eigenvalue weighted by atomic mass is 9.69. The molecule has 2 aliphatic rings. The second-order valence-corrected chi connectivity index (χ2v) is 8.59. The van der Waals surface area contributed by atoms with Crippen LogP contribution in [0, 0.1) is 12.8 Å². The molecule has 0 bridgehead atoms. The zero-order chi connectivity index (χ0) is 22.0. The fourth-order valence-electron chi connectivity index (χ4n) is 4.75. The molecule has 0 fully saturated rings. The number of hydrogen-bond donors (Lipinski definition) is 0. The quantitative estimate of drug-likeness (QED) is 0.604. The van der Waals surface area contributed by atoms with Crippen molar-refractivity contribution >= 4 is 17.5 Å². The van der Waals surface area contributed by atoms with Crippen LogP contribution in [0.3, 0.4) is 0 Å². The van der Waals surface area contributed by atoms with E-state index in [1.54, 1.807) is 0 Å². The lowest BCUT2D eigenvalue weighted by molar-refractivity contribution is -0.146. The fourth-order valence-corrected chi connectivity index (χ4v) is 4.75. The number of ether oxygens (including phenoxy) is 1. The van der Waals surface area contributed by atoms with Crippen molar-refractivity contribution in [1.29, 1.82) is 0 Å². The van der Waals surface area contributed by atoms with Gasteiger partial charge in [-0.05, 0) is 43.7 Å². The molecule has 2 aromatic rings. The van der Waals surface area contributed by atoms with Gasteiger partial charge in [0.1, 0.15) is 5.92 Å². The van der Waals surface area contributed by atoms with E-state index in [2.05, 4.69) is 12.1 Å². The number of Topliss-reactive ketones (excluding diaryl/α,β-unsaturated/α-hetero) is 1. The SMILES string of the molecule is CCCOC(=O)C1C(C)=NC2=C(C(=O)C[C@H](c3ccccc3)C2)[C@@H]1c1ccc(C)cc1. The first-order chi connectivity index (χ1) is 15.0. The first kappa shape index (κ1) is 21.2. The molecule has 0 amide bonds. The Hall–Kier alpha value is -3.01. The molecule has 0 spiro atoms. The minimum atomic E-state index is -0.565. The molecule has 31 heavy (non-hydrogen) atoms. The highest BCUT2D eigenvalue weighted by atomic mass is 16.5. The second kappa shape index (κ2) is 9.01. The van der Waals surface area contributed by atoms with E-state index < -0.39 is 5.92 Å². The summed E-state index contributed by atoms with van der Waals surface area (Å²) in [6, 6.07) is 18.3. The van der Waals surface area contributed by atoms with Gasteiger partial charge in [-0.15, -0.1) is 0 Å². The highest BCUT2D eigenvalue weighted by molar-refractivity contribution is 6.09. The van der Waals surface area contributed by atoms with E-state index in [0.29, 0.717) is 25.0 Å². The van der Waals surface area contributed by atoms with Crippen molar-refractivity contribution in [2.75, 3.05) is 6.61 Å². The number of benzene rings is 2. The Bertz CT molecular complexity index is 1030. The van der Waals surface area contributed by atoms with Crippen LogP contribution < -0.4 is 0 Å². The van der Waals surface area contributed by atoms with Crippen molar-refractivity contribution in [2.45, 2.75) is 51.9 Å². The van der Waals surface area contributed by atoms with Crippen LogP contribution >= 0.6 is 0 Å². The van der Waals surface area contributed by atoms with E-state index >= 15 is 0 Å². The summed E-state index contributed by atoms with van der Waals surface area (Å²) in [5.74, 6) is -0.999. The van der Waals surface area contributed by atoms with Crippen LogP contribution in [0.5, 0.6) is 0 Å². The summed E-state index contributed by atoms with van der Waals surface area (Å²) in [7, 11) is 0. The van der Waals surface area contributed by atoms with Gasteiger partial charge in [0.15, 0.2) is 5.78 Å². The molecule has 1 heterocycles. The largest absolute Gasteiger partial charge is 0.465 e. The minimum Gasteiger partial charge on any atom is -0.465 e. The number of esters is 1. The number of carbonyl (C=O) groups is 2. The molecule has 3 atom stereocenters. The predicted octanol–water partition coefficient (Wildman–Crippen LogP) is 5.52. The monoisotopic (exact) mass is 415 g/mol. The van der Waals surface area contributed by atoms with E-state index in [0.717, 1.165) is 34.5 Å². The molecule has 160 valence electrons. The molecule has 4 heteroatoms. The molecule has 4 nitrogen and oxygen atoms in total. The van der Waals surface area contributed by atoms with Crippen molar-refractivity contribution in [3.8, 4) is 0 Å². The summed E-state index contributed by atoms with van der Waals surface area (Å²) in [5.41, 5.74) is 5.52. The molecule has 0 aromatic heterocycles. The lowest BCUT2D eigenvalue weighted by Crippen LogP contribution is -2.38. The minimum absolute atomic E-state index is 0.0882. The molecule has 1 unspecified atom stereocenters. The van der Waals surface area contributed by atoms with Crippen LogP contribution in [0.2, 0.25) is 0 Å². The number of nitrogens with zero attached hydrogens (tertiary/aromatic N) is 1. The number of rotatable bonds is 5. The van der Waals surface area contributed by atoms with Crippen LogP contribution in [0.4, 0.5) is 0 Å². The van der Waals surface area contributed by atoms with Crippen LogP contribution in [0.25, 0.3) is 0 Å². The zero-order valence-corrected chi connectivity index (χ0v) is 18.4. The highest BCUT2D eigenvalue weighted by Crippen LogP contribution is 2.46. The van der Waals surface area contributed by atoms with Crippen LogP contribution in [-0.4, -0.2) is 24.1 Å². The summed E-state index contributed by atoms with van der Waals surface area (Å²) in [5, 5.41) is 0. The van der Waals surface area contributed by atoms with Gasteiger partial charge in [-0.2, -0.15) is 0 Å². The second-order valence-electron chi connectivity index (χ2n) is 8.59. The van der Waals surface area contributed by atoms with Gasteiger partial charge in [0.2, 0.25) is 0 Å². The first-order valence-electron chi connectivity index (χ1n) is 11.1. The third-order valence-electron chi connectivity index (χ3n) is 6.30. The van der Waals surface area contributed by atoms with Crippen molar-refractivity contribution in [2.24, 2.45) is 10.9 Å². The van der Waals surface area contributed by atoms with Crippen molar-refractivity contribution in [1.82, 2.24) is 0 Å². The van der Waals surface area contributed by atoms with E-state index in [9.17, 15) is 9.59 Å². The topological polar surface area (TPSA) is 55.7 Å². The fraction of sp³-hybridized carbons (Fsp3) is 0.370. The molecule has 1 aliphatic heterocycles. The molecule has 0 radical (unpaired) electrons. The van der Waals surface area contributed by atoms with Gasteiger partial charge in [0.05, 0.1) is 6.61 Å². The zero-order valence-electron chi connectivity index (χ0n) is 18.4. The molecule has 2 aromatic carbocycles. The predicted molar refractivity (Wildman–Crippen MR) is 122 cm³/mol. The Morgan fingerprint density at radius 1 is 1.00 bits per heavy atom. The number of ketones is 1. The van der Waals surface area contributed by atoms with Crippen molar-refractivity contribution in [3.05, 3.63) is 82.6 Å². The molecular formula is C27H29NO3.